The molecule has 1 aliphatic heterocycles. The summed E-state index contributed by atoms with van der Waals surface area (Å²) in [6, 6.07) is 7.85. The molecule has 3 atom stereocenters. The Hall–Kier alpha value is -3.50. The maximum atomic E-state index is 13.4. The molecule has 0 unspecified atom stereocenters. The van der Waals surface area contributed by atoms with E-state index >= 15 is 0 Å². The number of hydrogen-bond acceptors (Lipinski definition) is 7. The van der Waals surface area contributed by atoms with Gasteiger partial charge >= 0.3 is 0 Å². The highest BCUT2D eigenvalue weighted by atomic mass is 16.5. The van der Waals surface area contributed by atoms with Crippen molar-refractivity contribution in [2.75, 3.05) is 27.4 Å². The van der Waals surface area contributed by atoms with E-state index in [1.807, 2.05) is 30.0 Å². The Morgan fingerprint density at radius 1 is 1.11 bits per heavy atom. The summed E-state index contributed by atoms with van der Waals surface area (Å²) in [6.07, 6.45) is 4.09. The molecule has 0 spiro atoms. The van der Waals surface area contributed by atoms with Crippen LogP contribution in [-0.4, -0.2) is 74.3 Å². The average Bonchev–Trinajstić information content (AvgIpc) is 3.51. The van der Waals surface area contributed by atoms with Crippen LogP contribution in [0.1, 0.15) is 37.0 Å². The smallest absolute Gasteiger partial charge is 0.255 e. The molecule has 200 valence electrons. The minimum atomic E-state index is -0.0566. The van der Waals surface area contributed by atoms with Crippen LogP contribution < -0.4 is 10.5 Å². The highest BCUT2D eigenvalue weighted by Crippen LogP contribution is 2.36. The van der Waals surface area contributed by atoms with Crippen LogP contribution in [0.15, 0.2) is 30.5 Å². The molecular formula is C28H35N7O3. The molecule has 4 aromatic heterocycles. The quantitative estimate of drug-likeness (QED) is 0.381. The summed E-state index contributed by atoms with van der Waals surface area (Å²) in [5.41, 5.74) is 10.1. The fourth-order valence-corrected chi connectivity index (χ4v) is 5.59. The van der Waals surface area contributed by atoms with Gasteiger partial charge in [0.15, 0.2) is 11.5 Å². The van der Waals surface area contributed by atoms with Crippen molar-refractivity contribution in [3.63, 3.8) is 0 Å². The number of pyridine rings is 2. The summed E-state index contributed by atoms with van der Waals surface area (Å²) >= 11 is 0. The van der Waals surface area contributed by atoms with E-state index in [2.05, 4.69) is 22.1 Å². The number of hydrogen-bond donors (Lipinski definition) is 1. The number of ether oxygens (including phenoxy) is 2. The number of aromatic nitrogens is 5. The van der Waals surface area contributed by atoms with Gasteiger partial charge < -0.3 is 29.2 Å². The van der Waals surface area contributed by atoms with Crippen LogP contribution >= 0.6 is 0 Å². The van der Waals surface area contributed by atoms with Crippen molar-refractivity contribution in [3.8, 4) is 17.4 Å². The van der Waals surface area contributed by atoms with E-state index in [9.17, 15) is 4.79 Å². The van der Waals surface area contributed by atoms with E-state index in [0.717, 1.165) is 34.7 Å². The SMILES string of the molecule is COCCn1c(-c2cc3ccc(OC)nc3n2CC2CC2)nc2cc(C(=O)N3C[C@@H](C)[C@@H](N)[C@H]3C)cnc21. The molecule has 0 bridgehead atoms. The van der Waals surface area contributed by atoms with Gasteiger partial charge in [-0.25, -0.2) is 9.97 Å². The van der Waals surface area contributed by atoms with Crippen LogP contribution in [0.4, 0.5) is 0 Å². The van der Waals surface area contributed by atoms with Crippen molar-refractivity contribution >= 4 is 28.1 Å². The molecule has 1 aliphatic carbocycles. The molecule has 0 aromatic carbocycles. The van der Waals surface area contributed by atoms with Gasteiger partial charge in [-0.15, -0.1) is 0 Å². The molecule has 10 heteroatoms. The zero-order valence-electron chi connectivity index (χ0n) is 22.4. The zero-order valence-corrected chi connectivity index (χ0v) is 22.4. The van der Waals surface area contributed by atoms with Gasteiger partial charge in [-0.05, 0) is 49.8 Å². The molecule has 1 saturated carbocycles. The third kappa shape index (κ3) is 4.21. The van der Waals surface area contributed by atoms with Gasteiger partial charge in [0, 0.05) is 56.5 Å². The minimum absolute atomic E-state index is 0.0226. The molecule has 6 rings (SSSR count). The van der Waals surface area contributed by atoms with Gasteiger partial charge in [0.05, 0.1) is 25.0 Å². The molecule has 10 nitrogen and oxygen atoms in total. The fourth-order valence-electron chi connectivity index (χ4n) is 5.59. The van der Waals surface area contributed by atoms with Crippen molar-refractivity contribution in [1.82, 2.24) is 29.0 Å². The van der Waals surface area contributed by atoms with Crippen molar-refractivity contribution in [1.29, 1.82) is 0 Å². The van der Waals surface area contributed by atoms with Crippen LogP contribution in [0.25, 0.3) is 33.7 Å². The molecule has 2 fully saturated rings. The van der Waals surface area contributed by atoms with Gasteiger partial charge in [0.25, 0.3) is 5.91 Å². The lowest BCUT2D eigenvalue weighted by molar-refractivity contribution is 0.0739. The number of carbonyl (C=O) groups excluding carboxylic acids is 1. The molecule has 5 heterocycles. The molecule has 0 radical (unpaired) electrons. The van der Waals surface area contributed by atoms with E-state index in [0.29, 0.717) is 42.6 Å². The third-order valence-corrected chi connectivity index (χ3v) is 8.10. The molecule has 2 N–H and O–H groups in total. The van der Waals surface area contributed by atoms with Crippen LogP contribution in [0.3, 0.4) is 0 Å². The summed E-state index contributed by atoms with van der Waals surface area (Å²) in [5.74, 6) is 2.21. The number of carbonyl (C=O) groups is 1. The lowest BCUT2D eigenvalue weighted by Gasteiger charge is -2.23. The first-order valence-corrected chi connectivity index (χ1v) is 13.4. The molecule has 1 saturated heterocycles. The van der Waals surface area contributed by atoms with Crippen LogP contribution in [0.2, 0.25) is 0 Å². The van der Waals surface area contributed by atoms with Crippen LogP contribution in [-0.2, 0) is 17.8 Å². The molecular weight excluding hydrogens is 482 g/mol. The van der Waals surface area contributed by atoms with Gasteiger partial charge in [0.2, 0.25) is 5.88 Å². The number of nitrogens with two attached hydrogens (primary N) is 1. The number of nitrogens with zero attached hydrogens (tertiary/aromatic N) is 6. The second-order valence-corrected chi connectivity index (χ2v) is 10.7. The molecule has 38 heavy (non-hydrogen) atoms. The van der Waals surface area contributed by atoms with Gasteiger partial charge in [-0.1, -0.05) is 6.92 Å². The monoisotopic (exact) mass is 517 g/mol. The van der Waals surface area contributed by atoms with Crippen molar-refractivity contribution in [2.24, 2.45) is 17.6 Å². The number of methoxy groups -OCH3 is 2. The Morgan fingerprint density at radius 3 is 2.61 bits per heavy atom. The first-order valence-electron chi connectivity index (χ1n) is 13.4. The highest BCUT2D eigenvalue weighted by molar-refractivity contribution is 5.97. The Morgan fingerprint density at radius 2 is 1.92 bits per heavy atom. The third-order valence-electron chi connectivity index (χ3n) is 8.10. The number of imidazole rings is 1. The number of likely N-dealkylation sites (tertiary alicyclic amines) is 1. The first-order chi connectivity index (χ1) is 18.4. The number of rotatable bonds is 8. The van der Waals surface area contributed by atoms with E-state index in [1.165, 1.54) is 12.8 Å². The predicted octanol–water partition coefficient (Wildman–Crippen LogP) is 3.32. The largest absolute Gasteiger partial charge is 0.481 e. The maximum Gasteiger partial charge on any atom is 0.255 e. The molecule has 2 aliphatic rings. The number of fused-ring (bicyclic) bond motifs is 2. The number of amides is 1. The summed E-state index contributed by atoms with van der Waals surface area (Å²) < 4.78 is 15.2. The zero-order chi connectivity index (χ0) is 26.6. The second kappa shape index (κ2) is 9.67. The standard InChI is InChI=1S/C28H35N7O3/c1-16-14-34(17(2)24(16)29)28(36)20-11-21-26(30-13-20)33(9-10-37-3)27(31-21)22-12-19-7-8-23(38-4)32-25(19)35(22)15-18-5-6-18/h7-8,11-13,16-18,24H,5-6,9-10,14-15,29H2,1-4H3/t16-,17-,24-/m1/s1. The topological polar surface area (TPSA) is 113 Å². The summed E-state index contributed by atoms with van der Waals surface area (Å²) in [4.78, 5) is 29.9. The van der Waals surface area contributed by atoms with Crippen LogP contribution in [0.5, 0.6) is 5.88 Å². The van der Waals surface area contributed by atoms with E-state index < -0.39 is 0 Å². The minimum Gasteiger partial charge on any atom is -0.481 e. The van der Waals surface area contributed by atoms with Gasteiger partial charge in [-0.3, -0.25) is 4.79 Å². The Kier molecular flexibility index (Phi) is 6.31. The Balaban J connectivity index is 1.46. The van der Waals surface area contributed by atoms with Gasteiger partial charge in [-0.2, -0.15) is 4.98 Å². The van der Waals surface area contributed by atoms with E-state index in [4.69, 9.17) is 30.2 Å². The highest BCUT2D eigenvalue weighted by Gasteiger charge is 2.37. The van der Waals surface area contributed by atoms with Gasteiger partial charge in [0.1, 0.15) is 11.2 Å². The summed E-state index contributed by atoms with van der Waals surface area (Å²) in [5, 5.41) is 1.03. The molecule has 4 aromatic rings. The lowest BCUT2D eigenvalue weighted by Crippen LogP contribution is -2.41. The van der Waals surface area contributed by atoms with Crippen molar-refractivity contribution < 1.29 is 14.3 Å². The van der Waals surface area contributed by atoms with Crippen molar-refractivity contribution in [2.45, 2.75) is 51.9 Å². The Bertz CT molecular complexity index is 1510. The van der Waals surface area contributed by atoms with E-state index in [1.54, 1.807) is 20.4 Å². The van der Waals surface area contributed by atoms with Crippen molar-refractivity contribution in [3.05, 3.63) is 36.0 Å². The predicted molar refractivity (Wildman–Crippen MR) is 145 cm³/mol. The first kappa shape index (κ1) is 24.8. The second-order valence-electron chi connectivity index (χ2n) is 10.7. The lowest BCUT2D eigenvalue weighted by atomic mass is 10.0. The maximum absolute atomic E-state index is 13.4. The summed E-state index contributed by atoms with van der Waals surface area (Å²) in [7, 11) is 3.32. The summed E-state index contributed by atoms with van der Waals surface area (Å²) in [6.45, 7) is 6.71. The van der Waals surface area contributed by atoms with Crippen LogP contribution in [0, 0.1) is 11.8 Å². The fraction of sp³-hybridized carbons (Fsp3) is 0.500. The average molecular weight is 518 g/mol. The molecule has 1 amide bonds. The normalized spacial score (nSPS) is 21.6. The van der Waals surface area contributed by atoms with E-state index in [-0.39, 0.29) is 23.9 Å². The Labute approximate surface area is 221 Å².